The van der Waals surface area contributed by atoms with Crippen LogP contribution < -0.4 is 16.4 Å². The summed E-state index contributed by atoms with van der Waals surface area (Å²) in [5, 5.41) is 5.54. The van der Waals surface area contributed by atoms with E-state index in [4.69, 9.17) is 5.73 Å². The Labute approximate surface area is 111 Å². The minimum atomic E-state index is -0.274. The molecule has 0 radical (unpaired) electrons. The number of anilines is 1. The molecule has 1 heterocycles. The second-order valence-electron chi connectivity index (χ2n) is 4.20. The van der Waals surface area contributed by atoms with Gasteiger partial charge in [0, 0.05) is 24.6 Å². The minimum absolute atomic E-state index is 0.182. The Bertz CT molecular complexity index is 520. The zero-order valence-corrected chi connectivity index (χ0v) is 10.7. The van der Waals surface area contributed by atoms with E-state index in [1.54, 1.807) is 12.4 Å². The molecule has 5 N–H and O–H groups in total. The number of H-pyrrole nitrogens is 1. The number of imidazole rings is 1. The van der Waals surface area contributed by atoms with Crippen LogP contribution in [-0.2, 0) is 6.54 Å². The maximum Gasteiger partial charge on any atom is 0.319 e. The SMILES string of the molecule is CC(NC(=O)Nc1ccc(CN)cc1)c1ncc[nH]1. The Balaban J connectivity index is 1.90. The molecular formula is C13H17N5O. The lowest BCUT2D eigenvalue weighted by Crippen LogP contribution is -2.31. The standard InChI is InChI=1S/C13H17N5O/c1-9(12-15-6-7-16-12)17-13(19)18-11-4-2-10(8-14)3-5-11/h2-7,9H,8,14H2,1H3,(H,15,16)(H2,17,18,19). The Morgan fingerprint density at radius 2 is 2.16 bits per heavy atom. The van der Waals surface area contributed by atoms with Gasteiger partial charge < -0.3 is 21.4 Å². The van der Waals surface area contributed by atoms with Gasteiger partial charge in [0.15, 0.2) is 0 Å². The Kier molecular flexibility index (Phi) is 4.15. The molecule has 0 fully saturated rings. The molecule has 0 bridgehead atoms. The van der Waals surface area contributed by atoms with Gasteiger partial charge in [-0.15, -0.1) is 0 Å². The number of rotatable bonds is 4. The number of nitrogens with one attached hydrogen (secondary N) is 3. The predicted molar refractivity (Wildman–Crippen MR) is 73.5 cm³/mol. The van der Waals surface area contributed by atoms with Crippen LogP contribution in [0.15, 0.2) is 36.7 Å². The molecule has 19 heavy (non-hydrogen) atoms. The number of aromatic nitrogens is 2. The molecule has 1 aromatic carbocycles. The molecule has 0 saturated carbocycles. The van der Waals surface area contributed by atoms with E-state index in [2.05, 4.69) is 20.6 Å². The van der Waals surface area contributed by atoms with E-state index in [1.165, 1.54) is 0 Å². The van der Waals surface area contributed by atoms with Crippen molar-refractivity contribution in [1.82, 2.24) is 15.3 Å². The van der Waals surface area contributed by atoms with E-state index >= 15 is 0 Å². The zero-order chi connectivity index (χ0) is 13.7. The summed E-state index contributed by atoms with van der Waals surface area (Å²) >= 11 is 0. The van der Waals surface area contributed by atoms with E-state index in [1.807, 2.05) is 31.2 Å². The molecule has 0 aliphatic heterocycles. The fraction of sp³-hybridized carbons (Fsp3) is 0.231. The van der Waals surface area contributed by atoms with Crippen molar-refractivity contribution in [3.05, 3.63) is 48.0 Å². The molecule has 0 saturated heterocycles. The van der Waals surface area contributed by atoms with Crippen LogP contribution in [0.4, 0.5) is 10.5 Å². The van der Waals surface area contributed by atoms with Crippen LogP contribution in [0, 0.1) is 0 Å². The first-order valence-corrected chi connectivity index (χ1v) is 6.05. The summed E-state index contributed by atoms with van der Waals surface area (Å²) in [5.74, 6) is 0.716. The van der Waals surface area contributed by atoms with Crippen LogP contribution in [0.3, 0.4) is 0 Å². The molecule has 0 spiro atoms. The first-order valence-electron chi connectivity index (χ1n) is 6.05. The number of hydrogen-bond acceptors (Lipinski definition) is 3. The number of amides is 2. The Hall–Kier alpha value is -2.34. The smallest absolute Gasteiger partial charge is 0.319 e. The molecule has 1 atom stereocenters. The van der Waals surface area contributed by atoms with Crippen molar-refractivity contribution in [2.75, 3.05) is 5.32 Å². The summed E-state index contributed by atoms with van der Waals surface area (Å²) in [4.78, 5) is 18.8. The zero-order valence-electron chi connectivity index (χ0n) is 10.7. The molecule has 0 aliphatic carbocycles. The average molecular weight is 259 g/mol. The van der Waals surface area contributed by atoms with Gasteiger partial charge in [-0.1, -0.05) is 12.1 Å². The van der Waals surface area contributed by atoms with Gasteiger partial charge in [0.05, 0.1) is 6.04 Å². The highest BCUT2D eigenvalue weighted by Gasteiger charge is 2.10. The molecule has 2 rings (SSSR count). The van der Waals surface area contributed by atoms with Gasteiger partial charge >= 0.3 is 6.03 Å². The minimum Gasteiger partial charge on any atom is -0.347 e. The molecule has 100 valence electrons. The van der Waals surface area contributed by atoms with Crippen LogP contribution in [0.5, 0.6) is 0 Å². The lowest BCUT2D eigenvalue weighted by atomic mass is 10.2. The lowest BCUT2D eigenvalue weighted by Gasteiger charge is -2.12. The lowest BCUT2D eigenvalue weighted by molar-refractivity contribution is 0.249. The molecular weight excluding hydrogens is 242 g/mol. The first kappa shape index (κ1) is 13.1. The van der Waals surface area contributed by atoms with E-state index in [-0.39, 0.29) is 12.1 Å². The Morgan fingerprint density at radius 3 is 2.74 bits per heavy atom. The van der Waals surface area contributed by atoms with Gasteiger partial charge in [-0.25, -0.2) is 9.78 Å². The van der Waals surface area contributed by atoms with Crippen molar-refractivity contribution in [3.8, 4) is 0 Å². The molecule has 1 aromatic heterocycles. The van der Waals surface area contributed by atoms with Crippen LogP contribution in [0.2, 0.25) is 0 Å². The van der Waals surface area contributed by atoms with Crippen molar-refractivity contribution < 1.29 is 4.79 Å². The van der Waals surface area contributed by atoms with E-state index in [0.717, 1.165) is 11.3 Å². The quantitative estimate of drug-likeness (QED) is 0.673. The number of benzene rings is 1. The number of aromatic amines is 1. The fourth-order valence-electron chi connectivity index (χ4n) is 1.67. The third kappa shape index (κ3) is 3.56. The van der Waals surface area contributed by atoms with Crippen molar-refractivity contribution >= 4 is 11.7 Å². The average Bonchev–Trinajstić information content (AvgIpc) is 2.93. The van der Waals surface area contributed by atoms with Crippen LogP contribution in [0.25, 0.3) is 0 Å². The summed E-state index contributed by atoms with van der Waals surface area (Å²) < 4.78 is 0. The summed E-state index contributed by atoms with van der Waals surface area (Å²) in [6, 6.07) is 6.94. The maximum absolute atomic E-state index is 11.8. The molecule has 2 aromatic rings. The normalized spacial score (nSPS) is 11.9. The monoisotopic (exact) mass is 259 g/mol. The highest BCUT2D eigenvalue weighted by Crippen LogP contribution is 2.10. The van der Waals surface area contributed by atoms with Gasteiger partial charge in [0.1, 0.15) is 5.82 Å². The molecule has 6 nitrogen and oxygen atoms in total. The second-order valence-corrected chi connectivity index (χ2v) is 4.20. The van der Waals surface area contributed by atoms with Crippen LogP contribution in [0.1, 0.15) is 24.4 Å². The number of nitrogens with two attached hydrogens (primary N) is 1. The van der Waals surface area contributed by atoms with Gasteiger partial charge in [-0.2, -0.15) is 0 Å². The third-order valence-corrected chi connectivity index (χ3v) is 2.72. The summed E-state index contributed by atoms with van der Waals surface area (Å²) in [7, 11) is 0. The number of urea groups is 1. The van der Waals surface area contributed by atoms with Crippen molar-refractivity contribution in [2.45, 2.75) is 19.5 Å². The van der Waals surface area contributed by atoms with Gasteiger partial charge in [0.2, 0.25) is 0 Å². The Morgan fingerprint density at radius 1 is 1.42 bits per heavy atom. The third-order valence-electron chi connectivity index (χ3n) is 2.72. The predicted octanol–water partition coefficient (Wildman–Crippen LogP) is 1.75. The van der Waals surface area contributed by atoms with Gasteiger partial charge in [0.25, 0.3) is 0 Å². The summed E-state index contributed by atoms with van der Waals surface area (Å²) in [6.07, 6.45) is 3.37. The van der Waals surface area contributed by atoms with E-state index in [9.17, 15) is 4.79 Å². The molecule has 2 amide bonds. The van der Waals surface area contributed by atoms with Crippen molar-refractivity contribution in [3.63, 3.8) is 0 Å². The molecule has 6 heteroatoms. The van der Waals surface area contributed by atoms with Gasteiger partial charge in [-0.3, -0.25) is 0 Å². The van der Waals surface area contributed by atoms with Crippen molar-refractivity contribution in [2.24, 2.45) is 5.73 Å². The summed E-state index contributed by atoms with van der Waals surface area (Å²) in [5.41, 5.74) is 7.26. The number of carbonyl (C=O) groups is 1. The largest absolute Gasteiger partial charge is 0.347 e. The topological polar surface area (TPSA) is 95.8 Å². The number of hydrogen-bond donors (Lipinski definition) is 4. The second kappa shape index (κ2) is 6.01. The maximum atomic E-state index is 11.8. The summed E-state index contributed by atoms with van der Waals surface area (Å²) in [6.45, 7) is 2.35. The first-order chi connectivity index (χ1) is 9.19. The van der Waals surface area contributed by atoms with Gasteiger partial charge in [-0.05, 0) is 24.6 Å². The van der Waals surface area contributed by atoms with Crippen LogP contribution >= 0.6 is 0 Å². The van der Waals surface area contributed by atoms with E-state index < -0.39 is 0 Å². The fourth-order valence-corrected chi connectivity index (χ4v) is 1.67. The van der Waals surface area contributed by atoms with E-state index in [0.29, 0.717) is 12.4 Å². The number of nitrogens with zero attached hydrogens (tertiary/aromatic N) is 1. The highest BCUT2D eigenvalue weighted by atomic mass is 16.2. The highest BCUT2D eigenvalue weighted by molar-refractivity contribution is 5.89. The van der Waals surface area contributed by atoms with Crippen molar-refractivity contribution in [1.29, 1.82) is 0 Å². The number of carbonyl (C=O) groups excluding carboxylic acids is 1. The van der Waals surface area contributed by atoms with Crippen LogP contribution in [-0.4, -0.2) is 16.0 Å². The molecule has 1 unspecified atom stereocenters. The molecule has 0 aliphatic rings.